The fourth-order valence-electron chi connectivity index (χ4n) is 3.45. The average molecular weight is 392 g/mol. The molecule has 1 saturated heterocycles. The summed E-state index contributed by atoms with van der Waals surface area (Å²) in [6, 6.07) is 7.58. The van der Waals surface area contributed by atoms with E-state index in [1.54, 1.807) is 6.92 Å². The van der Waals surface area contributed by atoms with Crippen LogP contribution in [0.4, 0.5) is 4.79 Å². The minimum absolute atomic E-state index is 0.00551. The smallest absolute Gasteiger partial charge is 0.410 e. The Kier molecular flexibility index (Phi) is 7.95. The number of aliphatic hydroxyl groups excluding tert-OH is 1. The van der Waals surface area contributed by atoms with Crippen LogP contribution in [0.3, 0.4) is 0 Å². The summed E-state index contributed by atoms with van der Waals surface area (Å²) < 4.78 is 5.32. The van der Waals surface area contributed by atoms with Gasteiger partial charge in [-0.2, -0.15) is 0 Å². The number of aliphatic hydroxyl groups is 1. The summed E-state index contributed by atoms with van der Waals surface area (Å²) >= 11 is 0. The second-order valence-electron chi connectivity index (χ2n) is 7.34. The van der Waals surface area contributed by atoms with Crippen LogP contribution in [0.25, 0.3) is 0 Å². The van der Waals surface area contributed by atoms with Crippen LogP contribution in [0.1, 0.15) is 38.2 Å². The molecule has 0 radical (unpaired) electrons. The molecule has 0 bridgehead atoms. The molecule has 28 heavy (non-hydrogen) atoms. The summed E-state index contributed by atoms with van der Waals surface area (Å²) in [6.45, 7) is 2.26. The van der Waals surface area contributed by atoms with Crippen molar-refractivity contribution in [3.8, 4) is 0 Å². The number of rotatable bonds is 9. The molecule has 8 nitrogen and oxygen atoms in total. The van der Waals surface area contributed by atoms with Crippen LogP contribution in [0.2, 0.25) is 0 Å². The highest BCUT2D eigenvalue weighted by molar-refractivity contribution is 5.84. The van der Waals surface area contributed by atoms with E-state index in [2.05, 4.69) is 0 Å². The lowest BCUT2D eigenvalue weighted by atomic mass is 9.92. The summed E-state index contributed by atoms with van der Waals surface area (Å²) in [5, 5.41) is 19.3. The first kappa shape index (κ1) is 21.8. The molecule has 1 fully saturated rings. The minimum Gasteiger partial charge on any atom is -0.480 e. The number of aliphatic carboxylic acids is 1. The largest absolute Gasteiger partial charge is 0.480 e. The lowest BCUT2D eigenvalue weighted by Crippen LogP contribution is -2.46. The van der Waals surface area contributed by atoms with Gasteiger partial charge in [0.2, 0.25) is 0 Å². The third kappa shape index (κ3) is 6.03. The van der Waals surface area contributed by atoms with E-state index < -0.39 is 36.0 Å². The Morgan fingerprint density at radius 1 is 1.29 bits per heavy atom. The van der Waals surface area contributed by atoms with Gasteiger partial charge in [-0.15, -0.1) is 0 Å². The van der Waals surface area contributed by atoms with Gasteiger partial charge in [-0.25, -0.2) is 4.79 Å². The van der Waals surface area contributed by atoms with Gasteiger partial charge >= 0.3 is 12.1 Å². The Bertz CT molecular complexity index is 681. The van der Waals surface area contributed by atoms with E-state index >= 15 is 0 Å². The number of hydrogen-bond donors (Lipinski definition) is 3. The second kappa shape index (κ2) is 10.2. The summed E-state index contributed by atoms with van der Waals surface area (Å²) in [6.07, 6.45) is -0.549. The third-order valence-electron chi connectivity index (χ3n) is 4.96. The van der Waals surface area contributed by atoms with E-state index in [0.717, 1.165) is 5.56 Å². The maximum absolute atomic E-state index is 12.4. The van der Waals surface area contributed by atoms with Crippen molar-refractivity contribution in [3.05, 3.63) is 35.9 Å². The Hall–Kier alpha value is -2.45. The van der Waals surface area contributed by atoms with Gasteiger partial charge in [0, 0.05) is 13.0 Å². The van der Waals surface area contributed by atoms with Crippen LogP contribution >= 0.6 is 0 Å². The van der Waals surface area contributed by atoms with Crippen molar-refractivity contribution in [3.63, 3.8) is 0 Å². The number of carbonyl (C=O) groups excluding carboxylic acids is 2. The molecule has 8 heteroatoms. The molecular formula is C20H28N2O6. The topological polar surface area (TPSA) is 130 Å². The Morgan fingerprint density at radius 2 is 1.96 bits per heavy atom. The van der Waals surface area contributed by atoms with Crippen LogP contribution in [0.5, 0.6) is 0 Å². The summed E-state index contributed by atoms with van der Waals surface area (Å²) in [5.74, 6) is -1.83. The minimum atomic E-state index is -1.32. The van der Waals surface area contributed by atoms with Crippen molar-refractivity contribution in [2.75, 3.05) is 6.54 Å². The maximum atomic E-state index is 12.4. The predicted molar refractivity (Wildman–Crippen MR) is 101 cm³/mol. The molecule has 154 valence electrons. The van der Waals surface area contributed by atoms with Gasteiger partial charge in [0.25, 0.3) is 0 Å². The SMILES string of the molecule is CC(CC(=O)C(O)C1CCCN1C(=O)OCc1ccccc1)C[C@@H](N)C(=O)O. The van der Waals surface area contributed by atoms with E-state index in [0.29, 0.717) is 19.4 Å². The zero-order chi connectivity index (χ0) is 20.7. The summed E-state index contributed by atoms with van der Waals surface area (Å²) in [7, 11) is 0. The van der Waals surface area contributed by atoms with Crippen molar-refractivity contribution in [2.24, 2.45) is 11.7 Å². The molecular weight excluding hydrogens is 364 g/mol. The Balaban J connectivity index is 1.88. The molecule has 0 saturated carbocycles. The van der Waals surface area contributed by atoms with Gasteiger partial charge in [0.1, 0.15) is 18.8 Å². The van der Waals surface area contributed by atoms with Gasteiger partial charge in [-0.3, -0.25) is 9.59 Å². The predicted octanol–water partition coefficient (Wildman–Crippen LogP) is 1.55. The molecule has 1 amide bonds. The summed E-state index contributed by atoms with van der Waals surface area (Å²) in [4.78, 5) is 37.1. The van der Waals surface area contributed by atoms with Crippen LogP contribution in [0, 0.1) is 5.92 Å². The van der Waals surface area contributed by atoms with E-state index in [-0.39, 0.29) is 25.4 Å². The molecule has 1 heterocycles. The molecule has 4 atom stereocenters. The number of Topliss-reactive ketones (excluding diaryl/α,β-unsaturated/α-hetero) is 1. The number of benzene rings is 1. The monoisotopic (exact) mass is 392 g/mol. The first-order valence-electron chi connectivity index (χ1n) is 9.46. The number of amides is 1. The number of nitrogens with two attached hydrogens (primary N) is 1. The van der Waals surface area contributed by atoms with E-state index in [1.807, 2.05) is 30.3 Å². The van der Waals surface area contributed by atoms with Crippen molar-refractivity contribution in [2.45, 2.75) is 57.4 Å². The van der Waals surface area contributed by atoms with Gasteiger partial charge in [-0.05, 0) is 30.7 Å². The quantitative estimate of drug-likeness (QED) is 0.581. The molecule has 1 aromatic carbocycles. The molecule has 1 aliphatic rings. The van der Waals surface area contributed by atoms with Crippen LogP contribution in [0.15, 0.2) is 30.3 Å². The Labute approximate surface area is 164 Å². The number of ketones is 1. The number of carboxylic acid groups (broad SMARTS) is 1. The number of nitrogens with zero attached hydrogens (tertiary/aromatic N) is 1. The standard InChI is InChI=1S/C20H28N2O6/c1-13(10-15(21)19(25)26)11-17(23)18(24)16-8-5-9-22(16)20(27)28-12-14-6-3-2-4-7-14/h2-4,6-7,13,15-16,18,24H,5,8-12,21H2,1H3,(H,25,26)/t13?,15-,16?,18?/m1/s1. The van der Waals surface area contributed by atoms with Crippen molar-refractivity contribution in [1.29, 1.82) is 0 Å². The highest BCUT2D eigenvalue weighted by Gasteiger charge is 2.38. The zero-order valence-corrected chi connectivity index (χ0v) is 16.0. The van der Waals surface area contributed by atoms with Gasteiger partial charge < -0.3 is 25.6 Å². The van der Waals surface area contributed by atoms with Gasteiger partial charge in [0.15, 0.2) is 5.78 Å². The molecule has 3 unspecified atom stereocenters. The van der Waals surface area contributed by atoms with Crippen molar-refractivity contribution < 1.29 is 29.3 Å². The van der Waals surface area contributed by atoms with Gasteiger partial charge in [-0.1, -0.05) is 37.3 Å². The number of carbonyl (C=O) groups is 3. The molecule has 0 aliphatic carbocycles. The number of ether oxygens (including phenoxy) is 1. The zero-order valence-electron chi connectivity index (χ0n) is 16.0. The molecule has 0 spiro atoms. The van der Waals surface area contributed by atoms with Crippen LogP contribution in [-0.2, 0) is 20.9 Å². The van der Waals surface area contributed by atoms with Crippen molar-refractivity contribution >= 4 is 17.8 Å². The lowest BCUT2D eigenvalue weighted by Gasteiger charge is -2.28. The lowest BCUT2D eigenvalue weighted by molar-refractivity contribution is -0.139. The van der Waals surface area contributed by atoms with Crippen LogP contribution < -0.4 is 5.73 Å². The highest BCUT2D eigenvalue weighted by atomic mass is 16.6. The van der Waals surface area contributed by atoms with Crippen LogP contribution in [-0.4, -0.2) is 57.7 Å². The number of carboxylic acids is 1. The molecule has 2 rings (SSSR count). The van der Waals surface area contributed by atoms with Gasteiger partial charge in [0.05, 0.1) is 6.04 Å². The Morgan fingerprint density at radius 3 is 2.61 bits per heavy atom. The first-order chi connectivity index (χ1) is 13.3. The highest BCUT2D eigenvalue weighted by Crippen LogP contribution is 2.24. The fraction of sp³-hybridized carbons (Fsp3) is 0.550. The second-order valence-corrected chi connectivity index (χ2v) is 7.34. The first-order valence-corrected chi connectivity index (χ1v) is 9.46. The molecule has 1 aromatic rings. The van der Waals surface area contributed by atoms with E-state index in [9.17, 15) is 19.5 Å². The summed E-state index contributed by atoms with van der Waals surface area (Å²) in [5.41, 5.74) is 6.35. The average Bonchev–Trinajstić information content (AvgIpc) is 3.15. The number of hydrogen-bond acceptors (Lipinski definition) is 6. The maximum Gasteiger partial charge on any atom is 0.410 e. The third-order valence-corrected chi connectivity index (χ3v) is 4.96. The normalized spacial score (nSPS) is 19.7. The number of likely N-dealkylation sites (tertiary alicyclic amines) is 1. The molecule has 1 aliphatic heterocycles. The fourth-order valence-corrected chi connectivity index (χ4v) is 3.45. The molecule has 4 N–H and O–H groups in total. The van der Waals surface area contributed by atoms with E-state index in [1.165, 1.54) is 4.90 Å². The molecule has 0 aromatic heterocycles. The van der Waals surface area contributed by atoms with Crippen molar-refractivity contribution in [1.82, 2.24) is 4.90 Å². The van der Waals surface area contributed by atoms with E-state index in [4.69, 9.17) is 15.6 Å².